The number of carbonyl (C=O) groups excluding carboxylic acids is 1. The molecule has 0 bridgehead atoms. The molecule has 2 rings (SSSR count). The summed E-state index contributed by atoms with van der Waals surface area (Å²) in [5.41, 5.74) is 7.23. The summed E-state index contributed by atoms with van der Waals surface area (Å²) in [6.45, 7) is 2.04. The predicted octanol–water partition coefficient (Wildman–Crippen LogP) is 2.22. The highest BCUT2D eigenvalue weighted by Gasteiger charge is 2.28. The minimum absolute atomic E-state index is 0.0224. The van der Waals surface area contributed by atoms with E-state index in [0.717, 1.165) is 22.2 Å². The summed E-state index contributed by atoms with van der Waals surface area (Å²) in [6.07, 6.45) is 1.76. The van der Waals surface area contributed by atoms with Crippen LogP contribution in [0.25, 0.3) is 0 Å². The van der Waals surface area contributed by atoms with Gasteiger partial charge in [-0.15, -0.1) is 11.3 Å². The van der Waals surface area contributed by atoms with E-state index < -0.39 is 6.04 Å². The van der Waals surface area contributed by atoms with E-state index in [1.807, 2.05) is 18.5 Å². The number of rotatable bonds is 4. The van der Waals surface area contributed by atoms with Gasteiger partial charge in [0.25, 0.3) is 0 Å². The van der Waals surface area contributed by atoms with E-state index >= 15 is 0 Å². The lowest BCUT2D eigenvalue weighted by molar-refractivity contribution is -0.133. The molecule has 1 aromatic heterocycles. The van der Waals surface area contributed by atoms with Crippen molar-refractivity contribution < 1.29 is 9.53 Å². The first-order chi connectivity index (χ1) is 9.08. The Kier molecular flexibility index (Phi) is 5.38. The highest BCUT2D eigenvalue weighted by atomic mass is 79.9. The lowest BCUT2D eigenvalue weighted by Crippen LogP contribution is -2.47. The Morgan fingerprint density at radius 1 is 1.63 bits per heavy atom. The van der Waals surface area contributed by atoms with E-state index in [0.29, 0.717) is 19.8 Å². The minimum atomic E-state index is -0.407. The van der Waals surface area contributed by atoms with E-state index in [-0.39, 0.29) is 11.8 Å². The van der Waals surface area contributed by atoms with E-state index in [9.17, 15) is 4.79 Å². The van der Waals surface area contributed by atoms with Crippen LogP contribution >= 0.6 is 27.3 Å². The maximum atomic E-state index is 12.3. The molecule has 19 heavy (non-hydrogen) atoms. The Morgan fingerprint density at radius 3 is 2.89 bits per heavy atom. The largest absolute Gasteiger partial charge is 0.381 e. The maximum absolute atomic E-state index is 12.3. The zero-order valence-electron chi connectivity index (χ0n) is 11.0. The van der Waals surface area contributed by atoms with Crippen LogP contribution in [0.2, 0.25) is 0 Å². The molecule has 1 atom stereocenters. The van der Waals surface area contributed by atoms with E-state index in [1.165, 1.54) is 0 Å². The van der Waals surface area contributed by atoms with Gasteiger partial charge in [-0.25, -0.2) is 0 Å². The van der Waals surface area contributed by atoms with Gasteiger partial charge in [0.1, 0.15) is 0 Å². The Hall–Kier alpha value is -0.430. The van der Waals surface area contributed by atoms with Gasteiger partial charge in [0.05, 0.1) is 9.83 Å². The lowest BCUT2D eigenvalue weighted by Gasteiger charge is -2.29. The number of nitrogens with zero attached hydrogens (tertiary/aromatic N) is 1. The van der Waals surface area contributed by atoms with Crippen LogP contribution in [0.15, 0.2) is 15.2 Å². The molecule has 0 aliphatic carbocycles. The van der Waals surface area contributed by atoms with Gasteiger partial charge in [0, 0.05) is 26.8 Å². The molecule has 1 fully saturated rings. The second kappa shape index (κ2) is 6.83. The minimum Gasteiger partial charge on any atom is -0.381 e. The number of ether oxygens (including phenoxy) is 1. The molecule has 2 heterocycles. The average molecular weight is 347 g/mol. The van der Waals surface area contributed by atoms with Gasteiger partial charge in [-0.05, 0) is 51.7 Å². The molecule has 1 amide bonds. The quantitative estimate of drug-likeness (QED) is 0.909. The monoisotopic (exact) mass is 346 g/mol. The number of amides is 1. The number of hydrogen-bond donors (Lipinski definition) is 1. The van der Waals surface area contributed by atoms with Crippen molar-refractivity contribution in [3.63, 3.8) is 0 Å². The normalized spacial score (nSPS) is 18.3. The van der Waals surface area contributed by atoms with Crippen molar-refractivity contribution in [1.82, 2.24) is 4.90 Å². The molecule has 0 aromatic carbocycles. The molecule has 6 heteroatoms. The third-order valence-electron chi connectivity index (χ3n) is 3.48. The summed E-state index contributed by atoms with van der Waals surface area (Å²) in [7, 11) is 1.81. The molecule has 1 saturated heterocycles. The SMILES string of the molecule is CN(Cc1csc(Br)c1)C(=O)[C@H](N)C1CCOCC1. The topological polar surface area (TPSA) is 55.6 Å². The van der Waals surface area contributed by atoms with Crippen molar-refractivity contribution in [1.29, 1.82) is 0 Å². The van der Waals surface area contributed by atoms with Crippen LogP contribution in [-0.2, 0) is 16.1 Å². The van der Waals surface area contributed by atoms with Crippen LogP contribution < -0.4 is 5.73 Å². The fourth-order valence-electron chi connectivity index (χ4n) is 2.31. The Bertz CT molecular complexity index is 432. The first-order valence-electron chi connectivity index (χ1n) is 6.39. The van der Waals surface area contributed by atoms with Gasteiger partial charge in [0.15, 0.2) is 0 Å². The summed E-state index contributed by atoms with van der Waals surface area (Å²) < 4.78 is 6.38. The summed E-state index contributed by atoms with van der Waals surface area (Å²) in [5.74, 6) is 0.270. The van der Waals surface area contributed by atoms with Crippen LogP contribution in [0.1, 0.15) is 18.4 Å². The molecule has 1 aromatic rings. The zero-order valence-corrected chi connectivity index (χ0v) is 13.4. The van der Waals surface area contributed by atoms with Crippen molar-refractivity contribution in [2.24, 2.45) is 11.7 Å². The van der Waals surface area contributed by atoms with Gasteiger partial charge in [0.2, 0.25) is 5.91 Å². The van der Waals surface area contributed by atoms with Crippen molar-refractivity contribution in [3.05, 3.63) is 20.8 Å². The number of carbonyl (C=O) groups is 1. The molecular formula is C13H19BrN2O2S. The van der Waals surface area contributed by atoms with Gasteiger partial charge in [-0.3, -0.25) is 4.79 Å². The zero-order chi connectivity index (χ0) is 13.8. The van der Waals surface area contributed by atoms with E-state index in [1.54, 1.807) is 16.2 Å². The molecule has 106 valence electrons. The summed E-state index contributed by atoms with van der Waals surface area (Å²) in [6, 6.07) is 1.63. The molecule has 0 unspecified atom stereocenters. The van der Waals surface area contributed by atoms with Crippen molar-refractivity contribution in [3.8, 4) is 0 Å². The van der Waals surface area contributed by atoms with Crippen molar-refractivity contribution >= 4 is 33.2 Å². The molecule has 4 nitrogen and oxygen atoms in total. The number of hydrogen-bond acceptors (Lipinski definition) is 4. The number of halogens is 1. The lowest BCUT2D eigenvalue weighted by atomic mass is 9.91. The van der Waals surface area contributed by atoms with Gasteiger partial charge >= 0.3 is 0 Å². The van der Waals surface area contributed by atoms with Crippen molar-refractivity contribution in [2.75, 3.05) is 20.3 Å². The summed E-state index contributed by atoms with van der Waals surface area (Å²) in [4.78, 5) is 14.0. The number of nitrogens with two attached hydrogens (primary N) is 1. The van der Waals surface area contributed by atoms with E-state index in [2.05, 4.69) is 15.9 Å². The third kappa shape index (κ3) is 4.02. The molecule has 1 aliphatic heterocycles. The molecule has 0 radical (unpaired) electrons. The third-order valence-corrected chi connectivity index (χ3v) is 5.03. The molecular weight excluding hydrogens is 328 g/mol. The molecule has 0 saturated carbocycles. The molecule has 0 spiro atoms. The predicted molar refractivity (Wildman–Crippen MR) is 80.0 cm³/mol. The van der Waals surface area contributed by atoms with E-state index in [4.69, 9.17) is 10.5 Å². The maximum Gasteiger partial charge on any atom is 0.239 e. The van der Waals surface area contributed by atoms with Gasteiger partial charge < -0.3 is 15.4 Å². The fourth-order valence-corrected chi connectivity index (χ4v) is 3.51. The second-order valence-corrected chi connectivity index (χ2v) is 7.22. The van der Waals surface area contributed by atoms with Gasteiger partial charge in [-0.1, -0.05) is 0 Å². The van der Waals surface area contributed by atoms with Crippen LogP contribution in [0.4, 0.5) is 0 Å². The highest BCUT2D eigenvalue weighted by Crippen LogP contribution is 2.23. The Balaban J connectivity index is 1.90. The van der Waals surface area contributed by atoms with Crippen LogP contribution in [0.3, 0.4) is 0 Å². The number of likely N-dealkylation sites (N-methyl/N-ethyl adjacent to an activating group) is 1. The number of thiophene rings is 1. The fraction of sp³-hybridized carbons (Fsp3) is 0.615. The van der Waals surface area contributed by atoms with Gasteiger partial charge in [-0.2, -0.15) is 0 Å². The Labute approximate surface area is 126 Å². The smallest absolute Gasteiger partial charge is 0.239 e. The second-order valence-electron chi connectivity index (χ2n) is 4.93. The molecule has 1 aliphatic rings. The first kappa shape index (κ1) is 15.0. The average Bonchev–Trinajstić information content (AvgIpc) is 2.83. The summed E-state index contributed by atoms with van der Waals surface area (Å²) >= 11 is 5.05. The van der Waals surface area contributed by atoms with Crippen LogP contribution in [0.5, 0.6) is 0 Å². The van der Waals surface area contributed by atoms with Crippen LogP contribution in [0, 0.1) is 5.92 Å². The standard InChI is InChI=1S/C13H19BrN2O2S/c1-16(7-9-6-11(14)19-8-9)13(17)12(15)10-2-4-18-5-3-10/h6,8,10,12H,2-5,7,15H2,1H3/t12-/m1/s1. The molecule has 2 N–H and O–H groups in total. The summed E-state index contributed by atoms with van der Waals surface area (Å²) in [5, 5.41) is 2.05. The highest BCUT2D eigenvalue weighted by molar-refractivity contribution is 9.11. The van der Waals surface area contributed by atoms with Crippen molar-refractivity contribution in [2.45, 2.75) is 25.4 Å². The Morgan fingerprint density at radius 2 is 2.32 bits per heavy atom. The van der Waals surface area contributed by atoms with Crippen LogP contribution in [-0.4, -0.2) is 37.1 Å². The first-order valence-corrected chi connectivity index (χ1v) is 8.06.